The summed E-state index contributed by atoms with van der Waals surface area (Å²) < 4.78 is 0.865. The lowest BCUT2D eigenvalue weighted by atomic mass is 10.1. The summed E-state index contributed by atoms with van der Waals surface area (Å²) in [7, 11) is 0. The molecule has 0 spiro atoms. The number of thiocarbonyl (C=S) groups is 1. The molecule has 0 atom stereocenters. The first-order valence-electron chi connectivity index (χ1n) is 6.56. The third-order valence-corrected chi connectivity index (χ3v) is 3.79. The van der Waals surface area contributed by atoms with Gasteiger partial charge in [0.1, 0.15) is 0 Å². The van der Waals surface area contributed by atoms with Gasteiger partial charge in [-0.1, -0.05) is 28.1 Å². The van der Waals surface area contributed by atoms with E-state index in [0.717, 1.165) is 10.0 Å². The number of aromatic carboxylic acids is 1. The van der Waals surface area contributed by atoms with E-state index in [-0.39, 0.29) is 16.6 Å². The van der Waals surface area contributed by atoms with Crippen LogP contribution in [-0.2, 0) is 0 Å². The van der Waals surface area contributed by atoms with Gasteiger partial charge in [0.05, 0.1) is 5.97 Å². The van der Waals surface area contributed by atoms with Gasteiger partial charge in [-0.2, -0.15) is 0 Å². The highest BCUT2D eigenvalue weighted by Gasteiger charge is 2.09. The normalized spacial score (nSPS) is 10.0. The molecule has 0 aliphatic carbocycles. The number of carbonyl (C=O) groups is 2. The number of hydrogen-bond acceptors (Lipinski definition) is 4. The fourth-order valence-corrected chi connectivity index (χ4v) is 2.28. The third kappa shape index (κ3) is 4.61. The first-order chi connectivity index (χ1) is 10.9. The summed E-state index contributed by atoms with van der Waals surface area (Å²) in [6.07, 6.45) is 0. The topological polar surface area (TPSA) is 81.3 Å². The molecule has 2 N–H and O–H groups in total. The second-order valence-corrected chi connectivity index (χ2v) is 6.06. The summed E-state index contributed by atoms with van der Waals surface area (Å²) in [5.41, 5.74) is 1.76. The highest BCUT2D eigenvalue weighted by atomic mass is 79.9. The number of aryl methyl sites for hydroxylation is 1. The van der Waals surface area contributed by atoms with E-state index in [4.69, 9.17) is 12.2 Å². The predicted octanol–water partition coefficient (Wildman–Crippen LogP) is 2.25. The van der Waals surface area contributed by atoms with E-state index in [1.807, 2.05) is 0 Å². The molecular formula is C16H12BrN2O3S-. The molecule has 0 radical (unpaired) electrons. The average molecular weight is 392 g/mol. The minimum atomic E-state index is -1.28. The van der Waals surface area contributed by atoms with Gasteiger partial charge in [0.25, 0.3) is 5.91 Å². The van der Waals surface area contributed by atoms with Crippen LogP contribution in [-0.4, -0.2) is 17.0 Å². The Morgan fingerprint density at radius 1 is 1.09 bits per heavy atom. The highest BCUT2D eigenvalue weighted by Crippen LogP contribution is 2.16. The summed E-state index contributed by atoms with van der Waals surface area (Å²) in [6.45, 7) is 1.79. The first-order valence-corrected chi connectivity index (χ1v) is 7.77. The van der Waals surface area contributed by atoms with Crippen molar-refractivity contribution in [2.45, 2.75) is 6.92 Å². The molecule has 5 nitrogen and oxygen atoms in total. The van der Waals surface area contributed by atoms with E-state index in [9.17, 15) is 14.7 Å². The van der Waals surface area contributed by atoms with Crippen molar-refractivity contribution in [3.05, 3.63) is 63.6 Å². The molecule has 0 bridgehead atoms. The van der Waals surface area contributed by atoms with Gasteiger partial charge in [-0.25, -0.2) is 0 Å². The van der Waals surface area contributed by atoms with Crippen molar-refractivity contribution < 1.29 is 14.7 Å². The minimum absolute atomic E-state index is 0.0279. The molecule has 1 amide bonds. The number of anilines is 1. The molecule has 2 aromatic rings. The summed E-state index contributed by atoms with van der Waals surface area (Å²) in [4.78, 5) is 23.0. The molecule has 0 unspecified atom stereocenters. The Bertz CT molecular complexity index is 775. The number of halogens is 1. The van der Waals surface area contributed by atoms with Crippen molar-refractivity contribution in [2.24, 2.45) is 0 Å². The minimum Gasteiger partial charge on any atom is -0.545 e. The van der Waals surface area contributed by atoms with Crippen LogP contribution in [0.3, 0.4) is 0 Å². The molecule has 7 heteroatoms. The summed E-state index contributed by atoms with van der Waals surface area (Å²) in [5.74, 6) is -1.64. The molecular weight excluding hydrogens is 380 g/mol. The zero-order valence-electron chi connectivity index (χ0n) is 12.1. The van der Waals surface area contributed by atoms with E-state index < -0.39 is 5.97 Å². The summed E-state index contributed by atoms with van der Waals surface area (Å²) in [6, 6.07) is 11.3. The molecule has 23 heavy (non-hydrogen) atoms. The van der Waals surface area contributed by atoms with Gasteiger partial charge < -0.3 is 15.2 Å². The van der Waals surface area contributed by atoms with Crippen LogP contribution in [0.2, 0.25) is 0 Å². The van der Waals surface area contributed by atoms with Gasteiger partial charge >= 0.3 is 0 Å². The Kier molecular flexibility index (Phi) is 5.46. The lowest BCUT2D eigenvalue weighted by Gasteiger charge is -2.13. The Morgan fingerprint density at radius 3 is 2.30 bits per heavy atom. The highest BCUT2D eigenvalue weighted by molar-refractivity contribution is 9.10. The SMILES string of the molecule is Cc1ccc(C(=O)[O-])cc1NC(=S)NC(=O)c1ccc(Br)cc1. The number of amides is 1. The van der Waals surface area contributed by atoms with Crippen LogP contribution in [0.25, 0.3) is 0 Å². The van der Waals surface area contributed by atoms with Crippen LogP contribution < -0.4 is 15.7 Å². The van der Waals surface area contributed by atoms with Gasteiger partial charge in [-0.05, 0) is 60.6 Å². The number of carboxylic acids is 1. The Labute approximate surface area is 146 Å². The van der Waals surface area contributed by atoms with Gasteiger partial charge in [0.2, 0.25) is 0 Å². The van der Waals surface area contributed by atoms with Crippen LogP contribution in [0.15, 0.2) is 46.9 Å². The predicted molar refractivity (Wildman–Crippen MR) is 93.3 cm³/mol. The summed E-state index contributed by atoms with van der Waals surface area (Å²) >= 11 is 8.38. The van der Waals surface area contributed by atoms with E-state index in [1.165, 1.54) is 12.1 Å². The molecule has 0 saturated heterocycles. The second kappa shape index (κ2) is 7.34. The van der Waals surface area contributed by atoms with E-state index >= 15 is 0 Å². The maximum absolute atomic E-state index is 12.1. The van der Waals surface area contributed by atoms with Crippen LogP contribution in [0.1, 0.15) is 26.3 Å². The smallest absolute Gasteiger partial charge is 0.257 e. The maximum Gasteiger partial charge on any atom is 0.257 e. The first kappa shape index (κ1) is 17.1. The fourth-order valence-electron chi connectivity index (χ4n) is 1.81. The van der Waals surface area contributed by atoms with Crippen LogP contribution in [0, 0.1) is 6.92 Å². The fraction of sp³-hybridized carbons (Fsp3) is 0.0625. The third-order valence-electron chi connectivity index (χ3n) is 3.05. The molecule has 0 aromatic heterocycles. The van der Waals surface area contributed by atoms with Crippen molar-refractivity contribution in [1.29, 1.82) is 0 Å². The van der Waals surface area contributed by atoms with Crippen molar-refractivity contribution in [3.8, 4) is 0 Å². The maximum atomic E-state index is 12.1. The molecule has 0 aliphatic rings. The molecule has 0 aliphatic heterocycles. The van der Waals surface area contributed by atoms with Crippen molar-refractivity contribution in [2.75, 3.05) is 5.32 Å². The lowest BCUT2D eigenvalue weighted by molar-refractivity contribution is -0.255. The number of benzene rings is 2. The molecule has 2 rings (SSSR count). The zero-order valence-corrected chi connectivity index (χ0v) is 14.5. The van der Waals surface area contributed by atoms with Crippen LogP contribution in [0.5, 0.6) is 0 Å². The summed E-state index contributed by atoms with van der Waals surface area (Å²) in [5, 5.41) is 16.3. The standard InChI is InChI=1S/C16H13BrN2O3S/c1-9-2-3-11(15(21)22)8-13(9)18-16(23)19-14(20)10-4-6-12(17)7-5-10/h2-8H,1H3,(H,21,22)(H2,18,19,20,23)/p-1. The average Bonchev–Trinajstić information content (AvgIpc) is 2.49. The van der Waals surface area contributed by atoms with E-state index in [2.05, 4.69) is 26.6 Å². The Hall–Kier alpha value is -2.25. The number of carbonyl (C=O) groups excluding carboxylic acids is 2. The van der Waals surface area contributed by atoms with E-state index in [0.29, 0.717) is 11.3 Å². The van der Waals surface area contributed by atoms with Gasteiger partial charge in [0, 0.05) is 15.7 Å². The monoisotopic (exact) mass is 391 g/mol. The largest absolute Gasteiger partial charge is 0.545 e. The van der Waals surface area contributed by atoms with Crippen molar-refractivity contribution in [3.63, 3.8) is 0 Å². The second-order valence-electron chi connectivity index (χ2n) is 4.73. The lowest BCUT2D eigenvalue weighted by Crippen LogP contribution is -2.34. The van der Waals surface area contributed by atoms with Crippen molar-refractivity contribution in [1.82, 2.24) is 5.32 Å². The zero-order chi connectivity index (χ0) is 17.0. The quantitative estimate of drug-likeness (QED) is 0.784. The van der Waals surface area contributed by atoms with Gasteiger partial charge in [0.15, 0.2) is 5.11 Å². The van der Waals surface area contributed by atoms with Crippen LogP contribution in [0.4, 0.5) is 5.69 Å². The molecule has 0 fully saturated rings. The molecule has 2 aromatic carbocycles. The number of carboxylic acid groups (broad SMARTS) is 1. The molecule has 0 heterocycles. The Morgan fingerprint density at radius 2 is 1.70 bits per heavy atom. The van der Waals surface area contributed by atoms with Gasteiger partial charge in [-0.15, -0.1) is 0 Å². The molecule has 118 valence electrons. The number of hydrogen-bond donors (Lipinski definition) is 2. The molecule has 0 saturated carbocycles. The van der Waals surface area contributed by atoms with Crippen molar-refractivity contribution >= 4 is 50.8 Å². The number of nitrogens with one attached hydrogen (secondary N) is 2. The van der Waals surface area contributed by atoms with Crippen LogP contribution >= 0.6 is 28.1 Å². The van der Waals surface area contributed by atoms with E-state index in [1.54, 1.807) is 37.3 Å². The number of rotatable bonds is 3. The Balaban J connectivity index is 2.07. The van der Waals surface area contributed by atoms with Gasteiger partial charge in [-0.3, -0.25) is 10.1 Å².